The Morgan fingerprint density at radius 3 is 2.71 bits per heavy atom. The molecule has 0 saturated heterocycles. The van der Waals surface area contributed by atoms with Crippen molar-refractivity contribution in [2.24, 2.45) is 0 Å². The lowest BCUT2D eigenvalue weighted by molar-refractivity contribution is 0.310. The highest BCUT2D eigenvalue weighted by Crippen LogP contribution is 2.22. The number of hydrogen-bond donors (Lipinski definition) is 0. The van der Waals surface area contributed by atoms with E-state index in [0.717, 1.165) is 25.2 Å². The molecule has 0 N–H and O–H groups in total. The van der Waals surface area contributed by atoms with Crippen LogP contribution in [0.25, 0.3) is 11.3 Å². The molecule has 86 valence electrons. The Hall–Kier alpha value is -1.67. The first kappa shape index (κ1) is 10.5. The molecule has 0 spiro atoms. The second-order valence-electron chi connectivity index (χ2n) is 4.66. The van der Waals surface area contributed by atoms with Gasteiger partial charge in [-0.05, 0) is 18.7 Å². The van der Waals surface area contributed by atoms with Crippen LogP contribution < -0.4 is 0 Å². The van der Waals surface area contributed by atoms with Crippen molar-refractivity contribution in [3.05, 3.63) is 53.7 Å². The monoisotopic (exact) mass is 224 g/mol. The summed E-state index contributed by atoms with van der Waals surface area (Å²) in [4.78, 5) is 7.13. The smallest absolute Gasteiger partial charge is 0.0705 e. The molecule has 1 aromatic carbocycles. The summed E-state index contributed by atoms with van der Waals surface area (Å²) >= 11 is 0. The lowest BCUT2D eigenvalue weighted by Gasteiger charge is -2.24. The number of aromatic nitrogens is 1. The average molecular weight is 224 g/mol. The summed E-state index contributed by atoms with van der Waals surface area (Å²) in [7, 11) is 2.16. The second-order valence-corrected chi connectivity index (χ2v) is 4.66. The van der Waals surface area contributed by atoms with Gasteiger partial charge in [0.15, 0.2) is 0 Å². The normalized spacial score (nSPS) is 15.6. The molecular weight excluding hydrogens is 208 g/mol. The van der Waals surface area contributed by atoms with Crippen molar-refractivity contribution < 1.29 is 0 Å². The molecule has 2 heteroatoms. The average Bonchev–Trinajstić information content (AvgIpc) is 2.39. The summed E-state index contributed by atoms with van der Waals surface area (Å²) in [5.74, 6) is 0. The Labute approximate surface area is 102 Å². The zero-order valence-electron chi connectivity index (χ0n) is 10.1. The number of fused-ring (bicyclic) bond motifs is 1. The topological polar surface area (TPSA) is 16.1 Å². The van der Waals surface area contributed by atoms with Gasteiger partial charge in [-0.15, -0.1) is 0 Å². The van der Waals surface area contributed by atoms with E-state index in [1.165, 1.54) is 16.8 Å². The number of likely N-dealkylation sites (N-methyl/N-ethyl adjacent to an activating group) is 1. The minimum absolute atomic E-state index is 1.03. The van der Waals surface area contributed by atoms with E-state index < -0.39 is 0 Å². The van der Waals surface area contributed by atoms with Crippen molar-refractivity contribution in [1.82, 2.24) is 9.88 Å². The van der Waals surface area contributed by atoms with Crippen LogP contribution in [0.3, 0.4) is 0 Å². The predicted molar refractivity (Wildman–Crippen MR) is 69.7 cm³/mol. The Morgan fingerprint density at radius 1 is 1.06 bits per heavy atom. The first-order valence-corrected chi connectivity index (χ1v) is 6.06. The zero-order valence-corrected chi connectivity index (χ0v) is 10.1. The van der Waals surface area contributed by atoms with Gasteiger partial charge < -0.3 is 4.90 Å². The molecule has 0 amide bonds. The largest absolute Gasteiger partial charge is 0.302 e. The fourth-order valence-corrected chi connectivity index (χ4v) is 2.33. The maximum absolute atomic E-state index is 4.79. The summed E-state index contributed by atoms with van der Waals surface area (Å²) < 4.78 is 0. The quantitative estimate of drug-likeness (QED) is 0.740. The maximum atomic E-state index is 4.79. The molecule has 1 aliphatic heterocycles. The Kier molecular flexibility index (Phi) is 2.65. The van der Waals surface area contributed by atoms with E-state index in [0.29, 0.717) is 0 Å². The van der Waals surface area contributed by atoms with E-state index in [-0.39, 0.29) is 0 Å². The summed E-state index contributed by atoms with van der Waals surface area (Å²) in [5.41, 5.74) is 4.94. The van der Waals surface area contributed by atoms with E-state index in [4.69, 9.17) is 4.98 Å². The van der Waals surface area contributed by atoms with Gasteiger partial charge in [0.25, 0.3) is 0 Å². The van der Waals surface area contributed by atoms with Crippen LogP contribution in [0.2, 0.25) is 0 Å². The number of benzene rings is 1. The summed E-state index contributed by atoms with van der Waals surface area (Å²) in [5, 5.41) is 0. The van der Waals surface area contributed by atoms with E-state index >= 15 is 0 Å². The van der Waals surface area contributed by atoms with E-state index in [9.17, 15) is 0 Å². The van der Waals surface area contributed by atoms with Crippen LogP contribution in [-0.2, 0) is 13.0 Å². The third-order valence-electron chi connectivity index (χ3n) is 3.31. The van der Waals surface area contributed by atoms with Crippen LogP contribution in [0.15, 0.2) is 42.5 Å². The molecule has 2 aromatic rings. The summed E-state index contributed by atoms with van der Waals surface area (Å²) in [6, 6.07) is 14.7. The van der Waals surface area contributed by atoms with Crippen LogP contribution in [0.5, 0.6) is 0 Å². The zero-order chi connectivity index (χ0) is 11.7. The van der Waals surface area contributed by atoms with Crippen molar-refractivity contribution in [2.45, 2.75) is 13.0 Å². The van der Waals surface area contributed by atoms with Gasteiger partial charge in [-0.25, -0.2) is 0 Å². The number of pyridine rings is 1. The van der Waals surface area contributed by atoms with Gasteiger partial charge in [-0.2, -0.15) is 0 Å². The fourth-order valence-electron chi connectivity index (χ4n) is 2.33. The Morgan fingerprint density at radius 2 is 1.88 bits per heavy atom. The number of nitrogens with zero attached hydrogens (tertiary/aromatic N) is 2. The molecule has 0 aliphatic carbocycles. The molecule has 0 atom stereocenters. The Bertz CT molecular complexity index is 520. The fraction of sp³-hybridized carbons (Fsp3) is 0.267. The van der Waals surface area contributed by atoms with Gasteiger partial charge in [-0.3, -0.25) is 4.98 Å². The van der Waals surface area contributed by atoms with Gasteiger partial charge in [0.2, 0.25) is 0 Å². The number of rotatable bonds is 1. The van der Waals surface area contributed by atoms with E-state index in [2.05, 4.69) is 48.3 Å². The first-order valence-electron chi connectivity index (χ1n) is 6.06. The molecule has 1 aliphatic rings. The maximum Gasteiger partial charge on any atom is 0.0705 e. The van der Waals surface area contributed by atoms with Crippen LogP contribution in [0, 0.1) is 0 Å². The van der Waals surface area contributed by atoms with Crippen molar-refractivity contribution in [1.29, 1.82) is 0 Å². The standard InChI is InChI=1S/C15H16N2/c1-17-10-9-15-13(11-17)7-8-14(16-15)12-5-3-2-4-6-12/h2-8H,9-11H2,1H3. The van der Waals surface area contributed by atoms with Crippen molar-refractivity contribution in [3.8, 4) is 11.3 Å². The van der Waals surface area contributed by atoms with Gasteiger partial charge in [0, 0.05) is 30.8 Å². The molecule has 0 radical (unpaired) electrons. The molecule has 2 heterocycles. The van der Waals surface area contributed by atoms with E-state index in [1.807, 2.05) is 6.07 Å². The molecule has 17 heavy (non-hydrogen) atoms. The van der Waals surface area contributed by atoms with Crippen molar-refractivity contribution in [2.75, 3.05) is 13.6 Å². The highest BCUT2D eigenvalue weighted by Gasteiger charge is 2.14. The molecular formula is C15H16N2. The van der Waals surface area contributed by atoms with Crippen molar-refractivity contribution >= 4 is 0 Å². The lowest BCUT2D eigenvalue weighted by Crippen LogP contribution is -2.27. The molecule has 1 aromatic heterocycles. The van der Waals surface area contributed by atoms with Gasteiger partial charge in [0.05, 0.1) is 5.69 Å². The predicted octanol–water partition coefficient (Wildman–Crippen LogP) is 2.74. The third-order valence-corrected chi connectivity index (χ3v) is 3.31. The second kappa shape index (κ2) is 4.30. The molecule has 2 nitrogen and oxygen atoms in total. The molecule has 0 fully saturated rings. The molecule has 0 saturated carbocycles. The van der Waals surface area contributed by atoms with Crippen LogP contribution in [0.1, 0.15) is 11.3 Å². The van der Waals surface area contributed by atoms with Gasteiger partial charge in [0.1, 0.15) is 0 Å². The van der Waals surface area contributed by atoms with Gasteiger partial charge >= 0.3 is 0 Å². The highest BCUT2D eigenvalue weighted by molar-refractivity contribution is 5.59. The summed E-state index contributed by atoms with van der Waals surface area (Å²) in [6.45, 7) is 2.13. The van der Waals surface area contributed by atoms with E-state index in [1.54, 1.807) is 0 Å². The number of hydrogen-bond acceptors (Lipinski definition) is 2. The lowest BCUT2D eigenvalue weighted by atomic mass is 10.0. The SMILES string of the molecule is CN1CCc2nc(-c3ccccc3)ccc2C1. The Balaban J connectivity index is 1.99. The van der Waals surface area contributed by atoms with Crippen LogP contribution in [-0.4, -0.2) is 23.5 Å². The van der Waals surface area contributed by atoms with Crippen molar-refractivity contribution in [3.63, 3.8) is 0 Å². The highest BCUT2D eigenvalue weighted by atomic mass is 15.1. The molecule has 0 unspecified atom stereocenters. The molecule has 0 bridgehead atoms. The van der Waals surface area contributed by atoms with Crippen LogP contribution >= 0.6 is 0 Å². The minimum Gasteiger partial charge on any atom is -0.302 e. The van der Waals surface area contributed by atoms with Crippen LogP contribution in [0.4, 0.5) is 0 Å². The third kappa shape index (κ3) is 2.08. The van der Waals surface area contributed by atoms with Gasteiger partial charge in [-0.1, -0.05) is 36.4 Å². The summed E-state index contributed by atoms with van der Waals surface area (Å²) in [6.07, 6.45) is 1.06. The first-order chi connectivity index (χ1) is 8.33. The minimum atomic E-state index is 1.03. The molecule has 3 rings (SSSR count).